The Morgan fingerprint density at radius 1 is 0.653 bits per heavy atom. The van der Waals surface area contributed by atoms with Gasteiger partial charge in [0.25, 0.3) is 0 Å². The molecule has 6 heteroatoms. The molecule has 1 aromatic heterocycles. The third-order valence-electron chi connectivity index (χ3n) is 9.09. The molecule has 3 N–H and O–H groups in total. The number of hydrogen-bond donors (Lipinski definition) is 2. The molecule has 0 amide bonds. The van der Waals surface area contributed by atoms with Crippen LogP contribution in [0.4, 0.5) is 5.88 Å². The number of rotatable bonds is 5. The summed E-state index contributed by atoms with van der Waals surface area (Å²) >= 11 is -0.742. The Balaban J connectivity index is 1.15. The monoisotopic (exact) mass is 745 g/mol. The van der Waals surface area contributed by atoms with Crippen LogP contribution >= 0.6 is 0 Å². The second-order valence-corrected chi connectivity index (χ2v) is 14.3. The van der Waals surface area contributed by atoms with Crippen molar-refractivity contribution in [3.05, 3.63) is 177 Å². The zero-order valence-electron chi connectivity index (χ0n) is 26.4. The molecule has 7 aromatic carbocycles. The van der Waals surface area contributed by atoms with Gasteiger partial charge < -0.3 is 0 Å². The van der Waals surface area contributed by atoms with E-state index in [9.17, 15) is 0 Å². The summed E-state index contributed by atoms with van der Waals surface area (Å²) in [7, 11) is 0. The van der Waals surface area contributed by atoms with Crippen LogP contribution in [0.1, 0.15) is 22.3 Å². The molecule has 2 heterocycles. The fraction of sp³-hybridized carbons (Fsp3) is 0.0233. The van der Waals surface area contributed by atoms with Crippen molar-refractivity contribution in [1.29, 1.82) is 0 Å². The Morgan fingerprint density at radius 3 is 2.20 bits per heavy atom. The van der Waals surface area contributed by atoms with Crippen LogP contribution in [0.15, 0.2) is 164 Å². The molecule has 0 bridgehead atoms. The number of para-hydroxylation sites is 1. The zero-order chi connectivity index (χ0) is 32.7. The summed E-state index contributed by atoms with van der Waals surface area (Å²) in [6, 6.07) is 50.7. The van der Waals surface area contributed by atoms with E-state index in [-0.39, 0.29) is 0 Å². The molecule has 0 atom stereocenters. The number of fused-ring (bicyclic) bond motifs is 6. The summed E-state index contributed by atoms with van der Waals surface area (Å²) < 4.78 is 12.6. The summed E-state index contributed by atoms with van der Waals surface area (Å²) in [5.74, 6) is 1.89. The molecule has 49 heavy (non-hydrogen) atoms. The van der Waals surface area contributed by atoms with Gasteiger partial charge in [-0.1, -0.05) is 12.1 Å². The van der Waals surface area contributed by atoms with E-state index in [1.807, 2.05) is 12.1 Å². The van der Waals surface area contributed by atoms with Crippen LogP contribution < -0.4 is 32.5 Å². The summed E-state index contributed by atoms with van der Waals surface area (Å²) in [5, 5.41) is 11.4. The van der Waals surface area contributed by atoms with Crippen molar-refractivity contribution < 1.29 is 25.9 Å². The molecule has 236 valence electrons. The maximum atomic E-state index is 6.96. The number of nitrogens with one attached hydrogen (secondary N) is 1. The topological polar surface area (TPSA) is 75.9 Å². The molecule has 5 nitrogen and oxygen atoms in total. The number of anilines is 1. The van der Waals surface area contributed by atoms with Crippen LogP contribution in [0, 0.1) is 3.57 Å². The van der Waals surface area contributed by atoms with E-state index in [1.54, 1.807) is 0 Å². The number of nitrogens with two attached hydrogens (primary N) is 1. The molecule has 8 aromatic rings. The van der Waals surface area contributed by atoms with Crippen LogP contribution in [-0.4, -0.2) is 18.2 Å². The normalized spacial score (nSPS) is 13.6. The average Bonchev–Trinajstić information content (AvgIpc) is 3.55. The fourth-order valence-corrected chi connectivity index (χ4v) is 8.44. The average molecular weight is 746 g/mol. The fourth-order valence-electron chi connectivity index (χ4n) is 6.73. The van der Waals surface area contributed by atoms with Crippen LogP contribution in [-0.2, 0) is 0 Å². The van der Waals surface area contributed by atoms with Crippen molar-refractivity contribution in [3.63, 3.8) is 0 Å². The first-order valence-electron chi connectivity index (χ1n) is 16.2. The van der Waals surface area contributed by atoms with Crippen molar-refractivity contribution in [1.82, 2.24) is 0 Å². The summed E-state index contributed by atoms with van der Waals surface area (Å²) in [4.78, 5) is 5.09. The molecule has 0 saturated carbocycles. The van der Waals surface area contributed by atoms with Crippen molar-refractivity contribution in [3.8, 4) is 0 Å². The Kier molecular flexibility index (Phi) is 7.43. The SMILES string of the molecule is NC(=NC(=N[I-]c1ccc2ccccc2c1)c1ccc2ccccc2c1)c1cccc2c(C3=CCNc4oc5ccccc5c43)cccc12. The van der Waals surface area contributed by atoms with Gasteiger partial charge in [0.15, 0.2) is 0 Å². The van der Waals surface area contributed by atoms with E-state index in [0.29, 0.717) is 18.2 Å². The van der Waals surface area contributed by atoms with Crippen molar-refractivity contribution >= 4 is 66.4 Å². The zero-order valence-corrected chi connectivity index (χ0v) is 28.6. The second-order valence-electron chi connectivity index (χ2n) is 12.1. The van der Waals surface area contributed by atoms with Gasteiger partial charge in [-0.25, -0.2) is 0 Å². The van der Waals surface area contributed by atoms with Crippen molar-refractivity contribution in [2.45, 2.75) is 0 Å². The van der Waals surface area contributed by atoms with Gasteiger partial charge in [-0.15, -0.1) is 0 Å². The molecule has 0 aliphatic carbocycles. The molecule has 0 radical (unpaired) electrons. The first-order chi connectivity index (χ1) is 24.2. The first kappa shape index (κ1) is 29.4. The van der Waals surface area contributed by atoms with E-state index >= 15 is 0 Å². The van der Waals surface area contributed by atoms with Gasteiger partial charge in [0, 0.05) is 0 Å². The van der Waals surface area contributed by atoms with Gasteiger partial charge in [0.05, 0.1) is 0 Å². The predicted molar refractivity (Wildman–Crippen MR) is 200 cm³/mol. The van der Waals surface area contributed by atoms with Gasteiger partial charge in [0.2, 0.25) is 0 Å². The molecule has 1 aliphatic rings. The molecular weight excluding hydrogens is 715 g/mol. The Labute approximate surface area is 294 Å². The summed E-state index contributed by atoms with van der Waals surface area (Å²) in [6.45, 7) is 0.688. The van der Waals surface area contributed by atoms with Crippen molar-refractivity contribution in [2.24, 2.45) is 13.9 Å². The van der Waals surface area contributed by atoms with E-state index in [1.165, 1.54) is 19.7 Å². The number of halogens is 1. The second kappa shape index (κ2) is 12.4. The number of benzene rings is 7. The van der Waals surface area contributed by atoms with Crippen LogP contribution in [0.5, 0.6) is 0 Å². The third-order valence-corrected chi connectivity index (χ3v) is 11.0. The minimum absolute atomic E-state index is 0.436. The Bertz CT molecular complexity index is 2670. The summed E-state index contributed by atoms with van der Waals surface area (Å²) in [6.07, 6.45) is 2.24. The van der Waals surface area contributed by atoms with E-state index in [4.69, 9.17) is 18.3 Å². The third kappa shape index (κ3) is 5.44. The van der Waals surface area contributed by atoms with Gasteiger partial charge in [-0.05, 0) is 6.07 Å². The maximum absolute atomic E-state index is 6.96. The molecule has 1 aliphatic heterocycles. The molecule has 0 fully saturated rings. The quantitative estimate of drug-likeness (QED) is 0.116. The standard InChI is InChI=1S/C43H30IN4O/c45-41(37-17-8-14-33-34(15-7-16-35(33)37)36-23-24-46-43-40(36)38-13-5-6-18-39(38)49-43)47-42(31-20-19-27-9-1-3-11-29(27)25-31)48-44-32-22-21-28-10-2-4-12-30(28)26-32/h1-23,25-26,46H,24H2,(H2,45,47,48)/q-1. The number of aliphatic imine (C=N–C) groups is 1. The first-order valence-corrected chi connectivity index (χ1v) is 18.3. The van der Waals surface area contributed by atoms with Crippen molar-refractivity contribution in [2.75, 3.05) is 11.9 Å². The van der Waals surface area contributed by atoms with E-state index in [2.05, 4.69) is 145 Å². The number of hydrogen-bond acceptors (Lipinski definition) is 3. The van der Waals surface area contributed by atoms with Gasteiger partial charge >= 0.3 is 277 Å². The molecule has 0 spiro atoms. The number of nitrogens with zero attached hydrogens (tertiary/aromatic N) is 2. The Morgan fingerprint density at radius 2 is 1.35 bits per heavy atom. The molecule has 0 unspecified atom stereocenters. The van der Waals surface area contributed by atoms with E-state index < -0.39 is 21.5 Å². The molecular formula is C43H30IN4O-. The number of amidine groups is 2. The molecule has 0 saturated heterocycles. The number of furan rings is 1. The minimum atomic E-state index is -0.742. The van der Waals surface area contributed by atoms with E-state index in [0.717, 1.165) is 60.8 Å². The summed E-state index contributed by atoms with van der Waals surface area (Å²) in [5.41, 5.74) is 13.0. The molecule has 9 rings (SSSR count). The van der Waals surface area contributed by atoms with Gasteiger partial charge in [-0.2, -0.15) is 0 Å². The van der Waals surface area contributed by atoms with Gasteiger partial charge in [-0.3, -0.25) is 0 Å². The van der Waals surface area contributed by atoms with Gasteiger partial charge in [0.1, 0.15) is 0 Å². The Hall–Kier alpha value is -5.73. The predicted octanol–water partition coefficient (Wildman–Crippen LogP) is 6.78. The van der Waals surface area contributed by atoms with Crippen LogP contribution in [0.25, 0.3) is 48.9 Å². The van der Waals surface area contributed by atoms with Crippen LogP contribution in [0.2, 0.25) is 0 Å². The van der Waals surface area contributed by atoms with Crippen LogP contribution in [0.3, 0.4) is 0 Å².